The van der Waals surface area contributed by atoms with Crippen LogP contribution in [0.25, 0.3) is 0 Å². The van der Waals surface area contributed by atoms with Crippen molar-refractivity contribution in [2.24, 2.45) is 0 Å². The van der Waals surface area contributed by atoms with Crippen molar-refractivity contribution in [3.05, 3.63) is 51.7 Å². The van der Waals surface area contributed by atoms with E-state index in [4.69, 9.17) is 16.3 Å². The molecule has 0 unspecified atom stereocenters. The highest BCUT2D eigenvalue weighted by molar-refractivity contribution is 9.10. The first-order valence-corrected chi connectivity index (χ1v) is 8.12. The van der Waals surface area contributed by atoms with Crippen LogP contribution in [0.2, 0.25) is 5.15 Å². The molecule has 1 amide bonds. The summed E-state index contributed by atoms with van der Waals surface area (Å²) >= 11 is 9.14. The number of nitrogens with one attached hydrogen (secondary N) is 1. The molecular formula is C16H16BrClN2O2. The molecule has 2 aromatic rings. The molecule has 1 N–H and O–H groups in total. The fraction of sp³-hybridized carbons (Fsp3) is 0.250. The highest BCUT2D eigenvalue weighted by Crippen LogP contribution is 2.26. The third-order valence-electron chi connectivity index (χ3n) is 2.93. The third-order valence-corrected chi connectivity index (χ3v) is 3.78. The molecule has 0 fully saturated rings. The van der Waals surface area contributed by atoms with Gasteiger partial charge in [-0.25, -0.2) is 4.98 Å². The zero-order valence-corrected chi connectivity index (χ0v) is 14.4. The average molecular weight is 384 g/mol. The molecule has 0 aliphatic heterocycles. The number of pyridine rings is 1. The van der Waals surface area contributed by atoms with Gasteiger partial charge in [-0.1, -0.05) is 24.9 Å². The van der Waals surface area contributed by atoms with Crippen molar-refractivity contribution in [2.75, 3.05) is 11.9 Å². The molecule has 1 heterocycles. The first-order chi connectivity index (χ1) is 10.6. The van der Waals surface area contributed by atoms with Crippen LogP contribution in [-0.2, 0) is 0 Å². The lowest BCUT2D eigenvalue weighted by atomic mass is 10.2. The van der Waals surface area contributed by atoms with Gasteiger partial charge in [0.25, 0.3) is 5.91 Å². The van der Waals surface area contributed by atoms with E-state index >= 15 is 0 Å². The SMILES string of the molecule is CCCCOc1ccc(C(=O)Nc2ccc(Cl)nc2)cc1Br. The first kappa shape index (κ1) is 16.8. The van der Waals surface area contributed by atoms with E-state index in [0.29, 0.717) is 23.0 Å². The minimum atomic E-state index is -0.218. The number of carbonyl (C=O) groups excluding carboxylic acids is 1. The summed E-state index contributed by atoms with van der Waals surface area (Å²) in [5.74, 6) is 0.517. The quantitative estimate of drug-likeness (QED) is 0.568. The summed E-state index contributed by atoms with van der Waals surface area (Å²) < 4.78 is 6.40. The van der Waals surface area contributed by atoms with Gasteiger partial charge in [0.05, 0.1) is 23.0 Å². The number of hydrogen-bond acceptors (Lipinski definition) is 3. The summed E-state index contributed by atoms with van der Waals surface area (Å²) in [6, 6.07) is 8.57. The average Bonchev–Trinajstić information content (AvgIpc) is 2.51. The van der Waals surface area contributed by atoms with Gasteiger partial charge in [-0.05, 0) is 52.7 Å². The summed E-state index contributed by atoms with van der Waals surface area (Å²) in [5, 5.41) is 3.15. The predicted molar refractivity (Wildman–Crippen MR) is 91.7 cm³/mol. The lowest BCUT2D eigenvalue weighted by Crippen LogP contribution is -2.12. The van der Waals surface area contributed by atoms with Gasteiger partial charge >= 0.3 is 0 Å². The van der Waals surface area contributed by atoms with Crippen LogP contribution in [0.15, 0.2) is 41.0 Å². The number of rotatable bonds is 6. The van der Waals surface area contributed by atoms with Crippen LogP contribution in [0.3, 0.4) is 0 Å². The highest BCUT2D eigenvalue weighted by atomic mass is 79.9. The number of anilines is 1. The number of unbranched alkanes of at least 4 members (excludes halogenated alkanes) is 1. The second-order valence-corrected chi connectivity index (χ2v) is 5.91. The maximum absolute atomic E-state index is 12.2. The Hall–Kier alpha value is -1.59. The largest absolute Gasteiger partial charge is 0.492 e. The lowest BCUT2D eigenvalue weighted by Gasteiger charge is -2.10. The molecule has 0 saturated heterocycles. The fourth-order valence-corrected chi connectivity index (χ4v) is 2.34. The standard InChI is InChI=1S/C16H16BrClN2O2/c1-2-3-8-22-14-6-4-11(9-13(14)17)16(21)20-12-5-7-15(18)19-10-12/h4-7,9-10H,2-3,8H2,1H3,(H,20,21). The molecule has 0 aliphatic rings. The van der Waals surface area contributed by atoms with E-state index in [1.54, 1.807) is 30.3 Å². The minimum Gasteiger partial charge on any atom is -0.492 e. The van der Waals surface area contributed by atoms with E-state index < -0.39 is 0 Å². The molecule has 116 valence electrons. The zero-order chi connectivity index (χ0) is 15.9. The number of halogens is 2. The molecule has 4 nitrogen and oxygen atoms in total. The maximum Gasteiger partial charge on any atom is 0.255 e. The van der Waals surface area contributed by atoms with Gasteiger partial charge in [-0.3, -0.25) is 4.79 Å². The molecule has 0 atom stereocenters. The van der Waals surface area contributed by atoms with Crippen molar-refractivity contribution < 1.29 is 9.53 Å². The Morgan fingerprint density at radius 3 is 2.82 bits per heavy atom. The number of amides is 1. The van der Waals surface area contributed by atoms with Crippen LogP contribution in [0.5, 0.6) is 5.75 Å². The molecule has 0 radical (unpaired) electrons. The fourth-order valence-electron chi connectivity index (χ4n) is 1.74. The predicted octanol–water partition coefficient (Wildman–Crippen LogP) is 4.93. The van der Waals surface area contributed by atoms with Gasteiger partial charge < -0.3 is 10.1 Å². The minimum absolute atomic E-state index is 0.218. The summed E-state index contributed by atoms with van der Waals surface area (Å²) in [5.41, 5.74) is 1.12. The van der Waals surface area contributed by atoms with Crippen molar-refractivity contribution in [3.63, 3.8) is 0 Å². The van der Waals surface area contributed by atoms with Crippen LogP contribution in [-0.4, -0.2) is 17.5 Å². The van der Waals surface area contributed by atoms with Gasteiger partial charge in [0.1, 0.15) is 10.9 Å². The van der Waals surface area contributed by atoms with Gasteiger partial charge in [-0.2, -0.15) is 0 Å². The molecule has 0 spiro atoms. The van der Waals surface area contributed by atoms with Crippen LogP contribution in [0.1, 0.15) is 30.1 Å². The van der Waals surface area contributed by atoms with Crippen LogP contribution in [0.4, 0.5) is 5.69 Å². The maximum atomic E-state index is 12.2. The Bertz CT molecular complexity index is 647. The van der Waals surface area contributed by atoms with Gasteiger partial charge in [0.15, 0.2) is 0 Å². The second kappa shape index (κ2) is 8.15. The summed E-state index contributed by atoms with van der Waals surface area (Å²) in [6.07, 6.45) is 3.59. The van der Waals surface area contributed by atoms with E-state index in [1.165, 1.54) is 6.20 Å². The molecule has 0 saturated carbocycles. The first-order valence-electron chi connectivity index (χ1n) is 6.95. The third kappa shape index (κ3) is 4.71. The summed E-state index contributed by atoms with van der Waals surface area (Å²) in [6.45, 7) is 2.77. The number of nitrogens with zero attached hydrogens (tertiary/aromatic N) is 1. The van der Waals surface area contributed by atoms with E-state index in [-0.39, 0.29) is 5.91 Å². The van der Waals surface area contributed by atoms with Crippen molar-refractivity contribution in [3.8, 4) is 5.75 Å². The summed E-state index contributed by atoms with van der Waals surface area (Å²) in [4.78, 5) is 16.1. The number of benzene rings is 1. The summed E-state index contributed by atoms with van der Waals surface area (Å²) in [7, 11) is 0. The van der Waals surface area contributed by atoms with Crippen molar-refractivity contribution in [1.29, 1.82) is 0 Å². The van der Waals surface area contributed by atoms with Crippen LogP contribution < -0.4 is 10.1 Å². The number of aromatic nitrogens is 1. The Balaban J connectivity index is 2.03. The monoisotopic (exact) mass is 382 g/mol. The molecule has 2 rings (SSSR count). The van der Waals surface area contributed by atoms with E-state index in [1.807, 2.05) is 0 Å². The Morgan fingerprint density at radius 2 is 2.18 bits per heavy atom. The van der Waals surface area contributed by atoms with Crippen LogP contribution in [0, 0.1) is 0 Å². The molecule has 22 heavy (non-hydrogen) atoms. The molecule has 0 aliphatic carbocycles. The van der Waals surface area contributed by atoms with Gasteiger partial charge in [-0.15, -0.1) is 0 Å². The molecule has 1 aromatic heterocycles. The smallest absolute Gasteiger partial charge is 0.255 e. The van der Waals surface area contributed by atoms with Gasteiger partial charge in [0.2, 0.25) is 0 Å². The lowest BCUT2D eigenvalue weighted by molar-refractivity contribution is 0.102. The topological polar surface area (TPSA) is 51.2 Å². The van der Waals surface area contributed by atoms with E-state index in [0.717, 1.165) is 23.1 Å². The normalized spacial score (nSPS) is 10.3. The number of carbonyl (C=O) groups is 1. The number of ether oxygens (including phenoxy) is 1. The van der Waals surface area contributed by atoms with Gasteiger partial charge in [0, 0.05) is 5.56 Å². The molecule has 0 bridgehead atoms. The highest BCUT2D eigenvalue weighted by Gasteiger charge is 2.10. The van der Waals surface area contributed by atoms with Crippen LogP contribution >= 0.6 is 27.5 Å². The van der Waals surface area contributed by atoms with Crippen molar-refractivity contribution >= 4 is 39.1 Å². The van der Waals surface area contributed by atoms with E-state index in [2.05, 4.69) is 33.2 Å². The molecular weight excluding hydrogens is 368 g/mol. The molecule has 1 aromatic carbocycles. The second-order valence-electron chi connectivity index (χ2n) is 4.67. The van der Waals surface area contributed by atoms with E-state index in [9.17, 15) is 4.79 Å². The Kier molecular flexibility index (Phi) is 6.21. The Labute approximate surface area is 143 Å². The van der Waals surface area contributed by atoms with Crippen molar-refractivity contribution in [2.45, 2.75) is 19.8 Å². The number of hydrogen-bond donors (Lipinski definition) is 1. The zero-order valence-electron chi connectivity index (χ0n) is 12.1. The van der Waals surface area contributed by atoms with Crippen molar-refractivity contribution in [1.82, 2.24) is 4.98 Å². The molecule has 6 heteroatoms. The Morgan fingerprint density at radius 1 is 1.36 bits per heavy atom.